The molecule has 9 heteroatoms. The van der Waals surface area contributed by atoms with Gasteiger partial charge >= 0.3 is 0 Å². The monoisotopic (exact) mass is 482 g/mol. The first kappa shape index (κ1) is 21.5. The Hall–Kier alpha value is -2.33. The third-order valence-corrected chi connectivity index (χ3v) is 8.59. The van der Waals surface area contributed by atoms with Gasteiger partial charge in [0.25, 0.3) is 0 Å². The quantitative estimate of drug-likeness (QED) is 0.333. The molecule has 0 aliphatic carbocycles. The van der Waals surface area contributed by atoms with Gasteiger partial charge in [-0.05, 0) is 47.7 Å². The topological polar surface area (TPSA) is 68.1 Å². The van der Waals surface area contributed by atoms with Gasteiger partial charge < -0.3 is 0 Å². The van der Waals surface area contributed by atoms with Crippen LogP contribution in [0.25, 0.3) is 16.5 Å². The standard InChI is InChI=1S/C23H22N4O2S3/c1-31-23-25-24-22(27(23)18-9-3-2-4-10-18)21-14-19(30)15-26(21)32(28,29)20-12-11-16-7-5-6-8-17(16)13-20/h2-13,19,21,30H,14-15H2,1H3/t19-,21+/m1/s1. The molecule has 4 aromatic rings. The molecule has 0 unspecified atom stereocenters. The Morgan fingerprint density at radius 2 is 1.69 bits per heavy atom. The molecular formula is C23H22N4O2S3. The molecule has 0 N–H and O–H groups in total. The van der Waals surface area contributed by atoms with Gasteiger partial charge in [-0.2, -0.15) is 16.9 Å². The van der Waals surface area contributed by atoms with Crippen molar-refractivity contribution in [3.8, 4) is 5.69 Å². The summed E-state index contributed by atoms with van der Waals surface area (Å²) in [5.41, 5.74) is 0.905. The van der Waals surface area contributed by atoms with Gasteiger partial charge in [-0.3, -0.25) is 4.57 Å². The van der Waals surface area contributed by atoms with Gasteiger partial charge in [0, 0.05) is 17.5 Å². The minimum absolute atomic E-state index is 0.0890. The summed E-state index contributed by atoms with van der Waals surface area (Å²) >= 11 is 6.13. The molecule has 2 atom stereocenters. The predicted molar refractivity (Wildman–Crippen MR) is 131 cm³/mol. The molecule has 1 aliphatic heterocycles. The maximum absolute atomic E-state index is 13.8. The number of aromatic nitrogens is 3. The number of para-hydroxylation sites is 1. The van der Waals surface area contributed by atoms with E-state index in [1.54, 1.807) is 12.1 Å². The Balaban J connectivity index is 1.60. The van der Waals surface area contributed by atoms with Crippen LogP contribution in [0.3, 0.4) is 0 Å². The number of rotatable bonds is 5. The fraction of sp³-hybridized carbons (Fsp3) is 0.217. The van der Waals surface area contributed by atoms with Gasteiger partial charge in [0.1, 0.15) is 0 Å². The lowest BCUT2D eigenvalue weighted by atomic mass is 10.1. The van der Waals surface area contributed by atoms with E-state index in [0.29, 0.717) is 18.8 Å². The summed E-state index contributed by atoms with van der Waals surface area (Å²) < 4.78 is 31.0. The van der Waals surface area contributed by atoms with E-state index in [1.807, 2.05) is 71.5 Å². The molecule has 6 nitrogen and oxygen atoms in total. The van der Waals surface area contributed by atoms with Gasteiger partial charge in [0.05, 0.1) is 10.9 Å². The second kappa shape index (κ2) is 8.55. The van der Waals surface area contributed by atoms with Crippen molar-refractivity contribution in [1.29, 1.82) is 0 Å². The molecule has 32 heavy (non-hydrogen) atoms. The smallest absolute Gasteiger partial charge is 0.243 e. The van der Waals surface area contributed by atoms with Crippen LogP contribution in [0.15, 0.2) is 82.8 Å². The van der Waals surface area contributed by atoms with Gasteiger partial charge in [-0.15, -0.1) is 10.2 Å². The van der Waals surface area contributed by atoms with Crippen LogP contribution < -0.4 is 0 Å². The molecule has 0 bridgehead atoms. The third-order valence-electron chi connectivity index (χ3n) is 5.71. The second-order valence-corrected chi connectivity index (χ2v) is 11.1. The first-order valence-corrected chi connectivity index (χ1v) is 13.4. The zero-order chi connectivity index (χ0) is 22.3. The summed E-state index contributed by atoms with van der Waals surface area (Å²) in [5.74, 6) is 0.612. The lowest BCUT2D eigenvalue weighted by molar-refractivity contribution is 0.379. The fourth-order valence-electron chi connectivity index (χ4n) is 4.20. The van der Waals surface area contributed by atoms with Crippen LogP contribution in [0.1, 0.15) is 18.3 Å². The highest BCUT2D eigenvalue weighted by molar-refractivity contribution is 7.98. The van der Waals surface area contributed by atoms with Crippen LogP contribution in [-0.4, -0.2) is 45.5 Å². The zero-order valence-corrected chi connectivity index (χ0v) is 19.9. The van der Waals surface area contributed by atoms with Gasteiger partial charge in [0.2, 0.25) is 10.0 Å². The lowest BCUT2D eigenvalue weighted by Crippen LogP contribution is -2.32. The Morgan fingerprint density at radius 1 is 0.969 bits per heavy atom. The molecule has 1 saturated heterocycles. The summed E-state index contributed by atoms with van der Waals surface area (Å²) in [5, 5.41) is 11.3. The van der Waals surface area contributed by atoms with Gasteiger partial charge in [0.15, 0.2) is 11.0 Å². The maximum Gasteiger partial charge on any atom is 0.243 e. The van der Waals surface area contributed by atoms with E-state index in [1.165, 1.54) is 16.1 Å². The normalized spacial score (nSPS) is 19.6. The minimum atomic E-state index is -3.76. The molecule has 1 aliphatic rings. The molecule has 164 valence electrons. The molecule has 1 fully saturated rings. The zero-order valence-electron chi connectivity index (χ0n) is 17.4. The van der Waals surface area contributed by atoms with Crippen molar-refractivity contribution < 1.29 is 8.42 Å². The van der Waals surface area contributed by atoms with E-state index in [4.69, 9.17) is 0 Å². The van der Waals surface area contributed by atoms with Crippen molar-refractivity contribution in [3.05, 3.63) is 78.6 Å². The molecule has 5 rings (SSSR count). The minimum Gasteiger partial charge on any atom is -0.273 e. The van der Waals surface area contributed by atoms with Crippen LogP contribution in [0, 0.1) is 0 Å². The Morgan fingerprint density at radius 3 is 2.44 bits per heavy atom. The number of fused-ring (bicyclic) bond motifs is 1. The Bertz CT molecular complexity index is 1370. The van der Waals surface area contributed by atoms with E-state index in [-0.39, 0.29) is 10.1 Å². The number of thioether (sulfide) groups is 1. The third kappa shape index (κ3) is 3.73. The number of benzene rings is 3. The van der Waals surface area contributed by atoms with Crippen LogP contribution in [-0.2, 0) is 10.0 Å². The van der Waals surface area contributed by atoms with Crippen molar-refractivity contribution in [1.82, 2.24) is 19.1 Å². The highest BCUT2D eigenvalue weighted by Crippen LogP contribution is 2.40. The van der Waals surface area contributed by atoms with E-state index in [0.717, 1.165) is 21.6 Å². The van der Waals surface area contributed by atoms with E-state index in [2.05, 4.69) is 22.8 Å². The lowest BCUT2D eigenvalue weighted by Gasteiger charge is -2.24. The van der Waals surface area contributed by atoms with Crippen molar-refractivity contribution >= 4 is 45.2 Å². The molecule has 1 aromatic heterocycles. The number of thiol groups is 1. The molecule has 3 aromatic carbocycles. The van der Waals surface area contributed by atoms with E-state index < -0.39 is 16.1 Å². The predicted octanol–water partition coefficient (Wildman–Crippen LogP) is 4.58. The molecule has 0 saturated carbocycles. The molecule has 0 spiro atoms. The van der Waals surface area contributed by atoms with Crippen LogP contribution >= 0.6 is 24.4 Å². The first-order chi connectivity index (χ1) is 15.5. The summed E-state index contributed by atoms with van der Waals surface area (Å²) in [6.07, 6.45) is 2.50. The fourth-order valence-corrected chi connectivity index (χ4v) is 6.87. The Labute approximate surface area is 197 Å². The molecule has 0 amide bonds. The Kier molecular flexibility index (Phi) is 5.75. The number of nitrogens with zero attached hydrogens (tertiary/aromatic N) is 4. The number of hydrogen-bond acceptors (Lipinski definition) is 6. The van der Waals surface area contributed by atoms with Crippen LogP contribution in [0.4, 0.5) is 0 Å². The summed E-state index contributed by atoms with van der Waals surface area (Å²) in [7, 11) is -3.76. The van der Waals surface area contributed by atoms with Gasteiger partial charge in [-0.1, -0.05) is 60.3 Å². The highest BCUT2D eigenvalue weighted by Gasteiger charge is 2.43. The largest absolute Gasteiger partial charge is 0.273 e. The van der Waals surface area contributed by atoms with Crippen molar-refractivity contribution in [2.24, 2.45) is 0 Å². The number of hydrogen-bond donors (Lipinski definition) is 1. The first-order valence-electron chi connectivity index (χ1n) is 10.2. The average Bonchev–Trinajstić information content (AvgIpc) is 3.42. The average molecular weight is 483 g/mol. The molecular weight excluding hydrogens is 460 g/mol. The summed E-state index contributed by atoms with van der Waals surface area (Å²) in [6, 6.07) is 22.3. The maximum atomic E-state index is 13.8. The number of sulfonamides is 1. The second-order valence-electron chi connectivity index (χ2n) is 7.70. The van der Waals surface area contributed by atoms with Crippen molar-refractivity contribution in [2.45, 2.75) is 27.8 Å². The van der Waals surface area contributed by atoms with Crippen molar-refractivity contribution in [3.63, 3.8) is 0 Å². The molecule has 2 heterocycles. The van der Waals surface area contributed by atoms with Gasteiger partial charge in [-0.25, -0.2) is 8.42 Å². The highest BCUT2D eigenvalue weighted by atomic mass is 32.2. The summed E-state index contributed by atoms with van der Waals surface area (Å²) in [6.45, 7) is 0.319. The van der Waals surface area contributed by atoms with Crippen molar-refractivity contribution in [2.75, 3.05) is 12.8 Å². The van der Waals surface area contributed by atoms with Crippen LogP contribution in [0.5, 0.6) is 0 Å². The SMILES string of the molecule is CSc1nnc([C@@H]2C[C@@H](S)CN2S(=O)(=O)c2ccc3ccccc3c2)n1-c1ccccc1. The van der Waals surface area contributed by atoms with E-state index in [9.17, 15) is 8.42 Å². The molecule has 0 radical (unpaired) electrons. The van der Waals surface area contributed by atoms with E-state index >= 15 is 0 Å². The summed E-state index contributed by atoms with van der Waals surface area (Å²) in [4.78, 5) is 0.277. The van der Waals surface area contributed by atoms with Crippen LogP contribution in [0.2, 0.25) is 0 Å².